The highest BCUT2D eigenvalue weighted by atomic mass is 16.3. The van der Waals surface area contributed by atoms with E-state index in [4.69, 9.17) is 5.11 Å². The smallest absolute Gasteiger partial charge is 0.0845 e. The molecule has 1 aliphatic rings. The van der Waals surface area contributed by atoms with Gasteiger partial charge in [-0.25, -0.2) is 0 Å². The van der Waals surface area contributed by atoms with E-state index in [1.165, 1.54) is 0 Å². The second kappa shape index (κ2) is 2.50. The lowest BCUT2D eigenvalue weighted by molar-refractivity contribution is 0.196. The molecule has 3 atom stereocenters. The maximum atomic E-state index is 9.03. The van der Waals surface area contributed by atoms with Gasteiger partial charge in [0.15, 0.2) is 0 Å². The molecule has 1 heterocycles. The standard InChI is InChI=1S/C7H13NO/c1-3-7(9)5-8-4-6(8)2/h3,6-7,9H,1,4-5H2,2H3/t6-,7+,8?/m0/s1. The highest BCUT2D eigenvalue weighted by Crippen LogP contribution is 2.15. The zero-order valence-electron chi connectivity index (χ0n) is 5.75. The van der Waals surface area contributed by atoms with E-state index < -0.39 is 0 Å². The van der Waals surface area contributed by atoms with Crippen LogP contribution in [0.5, 0.6) is 0 Å². The average molecular weight is 127 g/mol. The minimum Gasteiger partial charge on any atom is -0.388 e. The van der Waals surface area contributed by atoms with Crippen molar-refractivity contribution < 1.29 is 5.11 Å². The highest BCUT2D eigenvalue weighted by molar-refractivity contribution is 4.90. The van der Waals surface area contributed by atoms with Crippen LogP contribution in [0.4, 0.5) is 0 Å². The van der Waals surface area contributed by atoms with Crippen LogP contribution in [0.15, 0.2) is 12.7 Å². The first-order valence-electron chi connectivity index (χ1n) is 3.28. The van der Waals surface area contributed by atoms with Crippen LogP contribution in [0.3, 0.4) is 0 Å². The highest BCUT2D eigenvalue weighted by Gasteiger charge is 2.29. The van der Waals surface area contributed by atoms with Crippen molar-refractivity contribution in [3.05, 3.63) is 12.7 Å². The van der Waals surface area contributed by atoms with Crippen molar-refractivity contribution in [2.24, 2.45) is 0 Å². The molecular formula is C7H13NO. The summed E-state index contributed by atoms with van der Waals surface area (Å²) in [6.45, 7) is 7.52. The molecule has 2 heteroatoms. The summed E-state index contributed by atoms with van der Waals surface area (Å²) in [5.74, 6) is 0. The SMILES string of the molecule is C=C[C@@H](O)CN1C[C@@H]1C. The number of nitrogens with zero attached hydrogens (tertiary/aromatic N) is 1. The van der Waals surface area contributed by atoms with Crippen LogP contribution in [0.25, 0.3) is 0 Å². The van der Waals surface area contributed by atoms with E-state index in [0.717, 1.165) is 13.1 Å². The number of hydrogen-bond acceptors (Lipinski definition) is 2. The van der Waals surface area contributed by atoms with Crippen molar-refractivity contribution in [1.82, 2.24) is 4.90 Å². The number of aliphatic hydroxyl groups is 1. The molecule has 0 radical (unpaired) electrons. The fourth-order valence-electron chi connectivity index (χ4n) is 0.862. The second-order valence-corrected chi connectivity index (χ2v) is 2.61. The zero-order chi connectivity index (χ0) is 6.85. The third-order valence-corrected chi connectivity index (χ3v) is 1.68. The summed E-state index contributed by atoms with van der Waals surface area (Å²) in [7, 11) is 0. The van der Waals surface area contributed by atoms with Gasteiger partial charge in [0.1, 0.15) is 0 Å². The lowest BCUT2D eigenvalue weighted by Gasteiger charge is -2.04. The Balaban J connectivity index is 2.11. The van der Waals surface area contributed by atoms with Crippen LogP contribution in [0, 0.1) is 0 Å². The van der Waals surface area contributed by atoms with Crippen LogP contribution in [0.2, 0.25) is 0 Å². The Bertz CT molecular complexity index is 113. The summed E-state index contributed by atoms with van der Waals surface area (Å²) in [5.41, 5.74) is 0. The summed E-state index contributed by atoms with van der Waals surface area (Å²) in [6, 6.07) is 0.680. The first-order chi connectivity index (χ1) is 4.24. The molecule has 1 aliphatic heterocycles. The molecule has 1 N–H and O–H groups in total. The van der Waals surface area contributed by atoms with E-state index in [9.17, 15) is 0 Å². The first kappa shape index (κ1) is 6.78. The van der Waals surface area contributed by atoms with Crippen molar-refractivity contribution >= 4 is 0 Å². The zero-order valence-corrected chi connectivity index (χ0v) is 5.75. The summed E-state index contributed by atoms with van der Waals surface area (Å²) >= 11 is 0. The van der Waals surface area contributed by atoms with Gasteiger partial charge < -0.3 is 5.11 Å². The number of β-amino-alcohol motifs (C(OH)–C–C–N with tert-alkyl or cyclic N) is 1. The molecule has 9 heavy (non-hydrogen) atoms. The third-order valence-electron chi connectivity index (χ3n) is 1.68. The van der Waals surface area contributed by atoms with Crippen LogP contribution in [-0.2, 0) is 0 Å². The average Bonchev–Trinajstić information content (AvgIpc) is 2.47. The second-order valence-electron chi connectivity index (χ2n) is 2.61. The Kier molecular flexibility index (Phi) is 1.88. The van der Waals surface area contributed by atoms with E-state index in [-0.39, 0.29) is 6.10 Å². The van der Waals surface area contributed by atoms with Crippen LogP contribution < -0.4 is 0 Å². The van der Waals surface area contributed by atoms with E-state index in [2.05, 4.69) is 18.4 Å². The molecule has 1 rings (SSSR count). The van der Waals surface area contributed by atoms with Crippen molar-refractivity contribution in [1.29, 1.82) is 0 Å². The van der Waals surface area contributed by atoms with E-state index >= 15 is 0 Å². The quantitative estimate of drug-likeness (QED) is 0.433. The maximum absolute atomic E-state index is 9.03. The molecule has 0 aromatic rings. The Hall–Kier alpha value is -0.340. The van der Waals surface area contributed by atoms with Gasteiger partial charge in [-0.1, -0.05) is 6.08 Å². The Morgan fingerprint density at radius 1 is 2.00 bits per heavy atom. The molecule has 0 bridgehead atoms. The molecular weight excluding hydrogens is 114 g/mol. The summed E-state index contributed by atoms with van der Waals surface area (Å²) in [6.07, 6.45) is 1.24. The molecule has 0 amide bonds. The van der Waals surface area contributed by atoms with Crippen LogP contribution >= 0.6 is 0 Å². The molecule has 0 spiro atoms. The monoisotopic (exact) mass is 127 g/mol. The maximum Gasteiger partial charge on any atom is 0.0845 e. The van der Waals surface area contributed by atoms with Gasteiger partial charge in [-0.2, -0.15) is 0 Å². The Morgan fingerprint density at radius 2 is 2.56 bits per heavy atom. The van der Waals surface area contributed by atoms with Crippen molar-refractivity contribution in [2.75, 3.05) is 13.1 Å². The van der Waals surface area contributed by atoms with Crippen molar-refractivity contribution in [2.45, 2.75) is 19.1 Å². The van der Waals surface area contributed by atoms with Crippen LogP contribution in [0.1, 0.15) is 6.92 Å². The number of hydrogen-bond donors (Lipinski definition) is 1. The van der Waals surface area contributed by atoms with E-state index in [0.29, 0.717) is 6.04 Å². The minimum atomic E-state index is -0.338. The van der Waals surface area contributed by atoms with Gasteiger partial charge >= 0.3 is 0 Å². The number of rotatable bonds is 3. The summed E-state index contributed by atoms with van der Waals surface area (Å²) < 4.78 is 0. The molecule has 2 nitrogen and oxygen atoms in total. The lowest BCUT2D eigenvalue weighted by atomic mass is 10.3. The molecule has 52 valence electrons. The van der Waals surface area contributed by atoms with Crippen molar-refractivity contribution in [3.8, 4) is 0 Å². The first-order valence-corrected chi connectivity index (χ1v) is 3.28. The fourth-order valence-corrected chi connectivity index (χ4v) is 0.862. The van der Waals surface area contributed by atoms with Gasteiger partial charge in [0.25, 0.3) is 0 Å². The fraction of sp³-hybridized carbons (Fsp3) is 0.714. The van der Waals surface area contributed by atoms with Gasteiger partial charge in [0.2, 0.25) is 0 Å². The van der Waals surface area contributed by atoms with E-state index in [1.54, 1.807) is 6.08 Å². The lowest BCUT2D eigenvalue weighted by Crippen LogP contribution is -2.16. The topological polar surface area (TPSA) is 23.2 Å². The van der Waals surface area contributed by atoms with Crippen LogP contribution in [-0.4, -0.2) is 35.2 Å². The molecule has 0 aromatic heterocycles. The van der Waals surface area contributed by atoms with Gasteiger partial charge in [-0.15, -0.1) is 6.58 Å². The van der Waals surface area contributed by atoms with Gasteiger partial charge in [0.05, 0.1) is 6.10 Å². The van der Waals surface area contributed by atoms with E-state index in [1.807, 2.05) is 0 Å². The van der Waals surface area contributed by atoms with Gasteiger partial charge in [0, 0.05) is 19.1 Å². The molecule has 1 unspecified atom stereocenters. The Labute approximate surface area is 55.8 Å². The molecule has 0 aliphatic carbocycles. The molecule has 1 saturated heterocycles. The molecule has 1 fully saturated rings. The van der Waals surface area contributed by atoms with Crippen molar-refractivity contribution in [3.63, 3.8) is 0 Å². The predicted molar refractivity (Wildman–Crippen MR) is 37.2 cm³/mol. The Morgan fingerprint density at radius 3 is 2.89 bits per heavy atom. The largest absolute Gasteiger partial charge is 0.388 e. The van der Waals surface area contributed by atoms with Gasteiger partial charge in [-0.3, -0.25) is 4.90 Å². The number of aliphatic hydroxyl groups excluding tert-OH is 1. The minimum absolute atomic E-state index is 0.338. The molecule has 0 saturated carbocycles. The molecule has 0 aromatic carbocycles. The third kappa shape index (κ3) is 1.80. The summed E-state index contributed by atoms with van der Waals surface area (Å²) in [4.78, 5) is 2.20. The van der Waals surface area contributed by atoms with Gasteiger partial charge in [-0.05, 0) is 6.92 Å². The normalized spacial score (nSPS) is 35.8. The predicted octanol–water partition coefficient (Wildman–Crippen LogP) is 0.237. The summed E-state index contributed by atoms with van der Waals surface area (Å²) in [5, 5.41) is 9.03.